The van der Waals surface area contributed by atoms with Crippen LogP contribution in [-0.4, -0.2) is 43.9 Å². The average Bonchev–Trinajstić information content (AvgIpc) is 2.47. The van der Waals surface area contributed by atoms with Gasteiger partial charge in [0, 0.05) is 44.4 Å². The molecule has 0 aliphatic carbocycles. The van der Waals surface area contributed by atoms with E-state index >= 15 is 0 Å². The van der Waals surface area contributed by atoms with Gasteiger partial charge in [0.25, 0.3) is 0 Å². The van der Waals surface area contributed by atoms with E-state index in [0.717, 1.165) is 17.8 Å². The third kappa shape index (κ3) is 4.31. The Morgan fingerprint density at radius 2 is 1.95 bits per heavy atom. The molecule has 0 radical (unpaired) electrons. The lowest BCUT2D eigenvalue weighted by atomic mass is 9.90. The van der Waals surface area contributed by atoms with E-state index < -0.39 is 0 Å². The number of carbonyl (C=O) groups is 1. The van der Waals surface area contributed by atoms with Crippen LogP contribution in [0.15, 0.2) is 24.3 Å². The van der Waals surface area contributed by atoms with Crippen molar-refractivity contribution in [1.82, 2.24) is 4.90 Å². The summed E-state index contributed by atoms with van der Waals surface area (Å²) in [5.74, 6) is 0.804. The summed E-state index contributed by atoms with van der Waals surface area (Å²) in [6.07, 6.45) is 3.09. The van der Waals surface area contributed by atoms with E-state index in [2.05, 4.69) is 23.6 Å². The number of likely N-dealkylation sites (tertiary alicyclic amines) is 1. The Kier molecular flexibility index (Phi) is 5.40. The summed E-state index contributed by atoms with van der Waals surface area (Å²) in [7, 11) is 4.03. The molecule has 1 aromatic carbocycles. The minimum atomic E-state index is 0.288. The normalized spacial score (nSPS) is 19.8. The number of rotatable bonds is 5. The second-order valence-corrected chi connectivity index (χ2v) is 6.67. The highest BCUT2D eigenvalue weighted by atomic mass is 16.1. The minimum Gasteiger partial charge on any atom is -0.378 e. The lowest BCUT2D eigenvalue weighted by molar-refractivity contribution is 0.0890. The molecule has 3 nitrogen and oxygen atoms in total. The van der Waals surface area contributed by atoms with Crippen LogP contribution < -0.4 is 4.90 Å². The molecule has 0 unspecified atom stereocenters. The summed E-state index contributed by atoms with van der Waals surface area (Å²) in [6, 6.07) is 8.55. The molecule has 21 heavy (non-hydrogen) atoms. The SMILES string of the molecule is CC(C)N1CCC[C@@H](CC(=O)c2ccc(N(C)C)cc2)C1. The fourth-order valence-electron chi connectivity index (χ4n) is 3.06. The zero-order valence-electron chi connectivity index (χ0n) is 13.8. The van der Waals surface area contributed by atoms with Crippen molar-refractivity contribution in [3.8, 4) is 0 Å². The maximum absolute atomic E-state index is 12.4. The molecule has 0 saturated carbocycles. The number of hydrogen-bond acceptors (Lipinski definition) is 3. The van der Waals surface area contributed by atoms with Crippen LogP contribution in [0.5, 0.6) is 0 Å². The van der Waals surface area contributed by atoms with Crippen molar-refractivity contribution >= 4 is 11.5 Å². The maximum atomic E-state index is 12.4. The Labute approximate surface area is 128 Å². The number of carbonyl (C=O) groups excluding carboxylic acids is 1. The quantitative estimate of drug-likeness (QED) is 0.775. The number of nitrogens with zero attached hydrogens (tertiary/aromatic N) is 2. The topological polar surface area (TPSA) is 23.6 Å². The Bertz CT molecular complexity index is 465. The van der Waals surface area contributed by atoms with E-state index in [1.165, 1.54) is 19.4 Å². The summed E-state index contributed by atoms with van der Waals surface area (Å²) in [5.41, 5.74) is 1.98. The van der Waals surface area contributed by atoms with Crippen molar-refractivity contribution in [3.63, 3.8) is 0 Å². The van der Waals surface area contributed by atoms with Crippen molar-refractivity contribution in [2.75, 3.05) is 32.1 Å². The first-order chi connectivity index (χ1) is 9.97. The molecule has 1 fully saturated rings. The highest BCUT2D eigenvalue weighted by Crippen LogP contribution is 2.23. The average molecular weight is 288 g/mol. The first-order valence-corrected chi connectivity index (χ1v) is 8.02. The molecule has 0 spiro atoms. The summed E-state index contributed by atoms with van der Waals surface area (Å²) in [4.78, 5) is 17.0. The summed E-state index contributed by atoms with van der Waals surface area (Å²) >= 11 is 0. The predicted molar refractivity (Wildman–Crippen MR) is 89.1 cm³/mol. The highest BCUT2D eigenvalue weighted by molar-refractivity contribution is 5.96. The molecule has 2 rings (SSSR count). The third-order valence-electron chi connectivity index (χ3n) is 4.46. The maximum Gasteiger partial charge on any atom is 0.163 e. The van der Waals surface area contributed by atoms with E-state index in [-0.39, 0.29) is 5.78 Å². The smallest absolute Gasteiger partial charge is 0.163 e. The number of benzene rings is 1. The second-order valence-electron chi connectivity index (χ2n) is 6.67. The molecule has 0 amide bonds. The van der Waals surface area contributed by atoms with Gasteiger partial charge in [0.15, 0.2) is 5.78 Å². The Morgan fingerprint density at radius 3 is 2.52 bits per heavy atom. The highest BCUT2D eigenvalue weighted by Gasteiger charge is 2.23. The molecule has 1 heterocycles. The largest absolute Gasteiger partial charge is 0.378 e. The Morgan fingerprint density at radius 1 is 1.29 bits per heavy atom. The Hall–Kier alpha value is -1.35. The van der Waals surface area contributed by atoms with Crippen molar-refractivity contribution in [2.45, 2.75) is 39.2 Å². The zero-order chi connectivity index (χ0) is 15.4. The molecule has 0 N–H and O–H groups in total. The van der Waals surface area contributed by atoms with Crippen LogP contribution in [-0.2, 0) is 0 Å². The fraction of sp³-hybridized carbons (Fsp3) is 0.611. The summed E-state index contributed by atoms with van der Waals surface area (Å²) in [5, 5.41) is 0. The molecule has 1 atom stereocenters. The van der Waals surface area contributed by atoms with Crippen LogP contribution in [0.4, 0.5) is 5.69 Å². The lowest BCUT2D eigenvalue weighted by Crippen LogP contribution is -2.40. The van der Waals surface area contributed by atoms with Crippen molar-refractivity contribution in [3.05, 3.63) is 29.8 Å². The molecule has 1 aliphatic rings. The molecule has 3 heteroatoms. The fourth-order valence-corrected chi connectivity index (χ4v) is 3.06. The molecular formula is C18H28N2O. The first-order valence-electron chi connectivity index (χ1n) is 8.02. The van der Waals surface area contributed by atoms with Gasteiger partial charge in [0.2, 0.25) is 0 Å². The molecule has 0 aromatic heterocycles. The monoisotopic (exact) mass is 288 g/mol. The molecule has 1 aromatic rings. The van der Waals surface area contributed by atoms with Gasteiger partial charge in [-0.05, 0) is 63.4 Å². The van der Waals surface area contributed by atoms with Crippen LogP contribution in [0.25, 0.3) is 0 Å². The van der Waals surface area contributed by atoms with Gasteiger partial charge in [-0.3, -0.25) is 4.79 Å². The molecule has 0 bridgehead atoms. The van der Waals surface area contributed by atoms with Crippen molar-refractivity contribution in [2.24, 2.45) is 5.92 Å². The standard InChI is InChI=1S/C18H28N2O/c1-14(2)20-11-5-6-15(13-20)12-18(21)16-7-9-17(10-8-16)19(3)4/h7-10,14-15H,5-6,11-13H2,1-4H3/t15-/m0/s1. The van der Waals surface area contributed by atoms with Crippen LogP contribution in [0.1, 0.15) is 43.5 Å². The van der Waals surface area contributed by atoms with Crippen molar-refractivity contribution < 1.29 is 4.79 Å². The number of ketones is 1. The van der Waals surface area contributed by atoms with Crippen LogP contribution in [0.2, 0.25) is 0 Å². The van der Waals surface area contributed by atoms with Crippen LogP contribution in [0, 0.1) is 5.92 Å². The van der Waals surface area contributed by atoms with Crippen LogP contribution >= 0.6 is 0 Å². The van der Waals surface area contributed by atoms with Crippen molar-refractivity contribution in [1.29, 1.82) is 0 Å². The number of anilines is 1. The molecule has 116 valence electrons. The van der Waals surface area contributed by atoms with Gasteiger partial charge in [-0.2, -0.15) is 0 Å². The first kappa shape index (κ1) is 16.0. The van der Waals surface area contributed by atoms with Gasteiger partial charge >= 0.3 is 0 Å². The summed E-state index contributed by atoms with van der Waals surface area (Å²) < 4.78 is 0. The van der Waals surface area contributed by atoms with E-state index in [1.54, 1.807) is 0 Å². The van der Waals surface area contributed by atoms with E-state index in [0.29, 0.717) is 18.4 Å². The number of hydrogen-bond donors (Lipinski definition) is 0. The number of piperidine rings is 1. The molecule has 1 aliphatic heterocycles. The molecular weight excluding hydrogens is 260 g/mol. The van der Waals surface area contributed by atoms with Gasteiger partial charge < -0.3 is 9.80 Å². The van der Waals surface area contributed by atoms with Gasteiger partial charge in [-0.15, -0.1) is 0 Å². The van der Waals surface area contributed by atoms with Gasteiger partial charge in [0.1, 0.15) is 0 Å². The third-order valence-corrected chi connectivity index (χ3v) is 4.46. The van der Waals surface area contributed by atoms with Gasteiger partial charge in [0.05, 0.1) is 0 Å². The van der Waals surface area contributed by atoms with E-state index in [4.69, 9.17) is 0 Å². The minimum absolute atomic E-state index is 0.288. The summed E-state index contributed by atoms with van der Waals surface area (Å²) in [6.45, 7) is 6.73. The van der Waals surface area contributed by atoms with Gasteiger partial charge in [-0.25, -0.2) is 0 Å². The predicted octanol–water partition coefficient (Wildman–Crippen LogP) is 3.45. The zero-order valence-corrected chi connectivity index (χ0v) is 13.8. The van der Waals surface area contributed by atoms with Crippen LogP contribution in [0.3, 0.4) is 0 Å². The Balaban J connectivity index is 1.94. The van der Waals surface area contributed by atoms with E-state index in [9.17, 15) is 4.79 Å². The lowest BCUT2D eigenvalue weighted by Gasteiger charge is -2.35. The van der Waals surface area contributed by atoms with E-state index in [1.807, 2.05) is 38.4 Å². The second kappa shape index (κ2) is 7.08. The van der Waals surface area contributed by atoms with Gasteiger partial charge in [-0.1, -0.05) is 0 Å². The molecule has 1 saturated heterocycles. The number of Topliss-reactive ketones (excluding diaryl/α,β-unsaturated/α-hetero) is 1.